The van der Waals surface area contributed by atoms with Gasteiger partial charge in [-0.15, -0.1) is 0 Å². The van der Waals surface area contributed by atoms with Crippen molar-refractivity contribution in [3.05, 3.63) is 65.2 Å². The molecule has 39 heavy (non-hydrogen) atoms. The molecule has 0 unspecified atom stereocenters. The van der Waals surface area contributed by atoms with Crippen LogP contribution in [-0.4, -0.2) is 42.9 Å². The summed E-state index contributed by atoms with van der Waals surface area (Å²) < 4.78 is 47.2. The first kappa shape index (κ1) is 28.0. The molecule has 6 nitrogen and oxygen atoms in total. The second-order valence-corrected chi connectivity index (χ2v) is 14.7. The fraction of sp³-hybridized carbons (Fsp3) is 0.548. The molecule has 1 aromatic heterocycles. The van der Waals surface area contributed by atoms with Crippen LogP contribution in [0.3, 0.4) is 0 Å². The van der Waals surface area contributed by atoms with Gasteiger partial charge in [-0.3, -0.25) is 9.78 Å². The van der Waals surface area contributed by atoms with Crippen molar-refractivity contribution < 1.29 is 22.3 Å². The summed E-state index contributed by atoms with van der Waals surface area (Å²) in [5.74, 6) is 0.660. The molecule has 0 saturated heterocycles. The maximum absolute atomic E-state index is 14.0. The molecule has 210 valence electrons. The molecule has 0 bridgehead atoms. The van der Waals surface area contributed by atoms with E-state index in [1.807, 2.05) is 12.1 Å². The number of carbonyl (C=O) groups excluding carboxylic acids is 1. The standard InChI is InChI=1S/C31H39FN2O4S/c1-30(2,3)38-29(35)13-15-34(5)39(36,37)23-7-9-24-20(17-23)6-8-26-25(24)12-14-31(4)27(10-11-28(26)31)21-16-22(32)19-33-18-21/h7,9-10,16-19,25-26,28H,6,8,11-15H2,1-5H3/t25-,26-,28+,31-/m1/s1. The molecule has 8 heteroatoms. The van der Waals surface area contributed by atoms with Crippen molar-refractivity contribution in [2.45, 2.75) is 82.6 Å². The summed E-state index contributed by atoms with van der Waals surface area (Å²) >= 11 is 0. The smallest absolute Gasteiger partial charge is 0.307 e. The molecule has 0 N–H and O–H groups in total. The van der Waals surface area contributed by atoms with Gasteiger partial charge in [0.1, 0.15) is 11.4 Å². The van der Waals surface area contributed by atoms with E-state index in [2.05, 4.69) is 18.0 Å². The van der Waals surface area contributed by atoms with Crippen LogP contribution in [0.1, 0.15) is 82.4 Å². The van der Waals surface area contributed by atoms with Gasteiger partial charge in [0.2, 0.25) is 10.0 Å². The highest BCUT2D eigenvalue weighted by atomic mass is 32.2. The molecule has 3 aliphatic carbocycles. The monoisotopic (exact) mass is 554 g/mol. The predicted molar refractivity (Wildman–Crippen MR) is 149 cm³/mol. The van der Waals surface area contributed by atoms with Crippen LogP contribution in [0.15, 0.2) is 47.6 Å². The summed E-state index contributed by atoms with van der Waals surface area (Å²) in [4.78, 5) is 16.5. The van der Waals surface area contributed by atoms with E-state index < -0.39 is 21.6 Å². The van der Waals surface area contributed by atoms with E-state index in [9.17, 15) is 17.6 Å². The SMILES string of the molecule is CN(CCC(=O)OC(C)(C)C)S(=O)(=O)c1ccc2c(c1)CC[C@@H]1[C@@H]2CC[C@]2(C)C(c3cncc(F)c3)=CC[C@@H]12. The molecular weight excluding hydrogens is 515 g/mol. The fourth-order valence-corrected chi connectivity index (χ4v) is 8.46. The molecule has 5 rings (SSSR count). The van der Waals surface area contributed by atoms with Crippen molar-refractivity contribution >= 4 is 21.6 Å². The van der Waals surface area contributed by atoms with E-state index in [-0.39, 0.29) is 29.1 Å². The van der Waals surface area contributed by atoms with Crippen LogP contribution in [0.25, 0.3) is 5.57 Å². The second-order valence-electron chi connectivity index (χ2n) is 12.6. The van der Waals surface area contributed by atoms with E-state index in [1.165, 1.54) is 28.7 Å². The van der Waals surface area contributed by atoms with Gasteiger partial charge >= 0.3 is 5.97 Å². The summed E-state index contributed by atoms with van der Waals surface area (Å²) in [6, 6.07) is 7.19. The van der Waals surface area contributed by atoms with Gasteiger partial charge in [-0.1, -0.05) is 19.1 Å². The van der Waals surface area contributed by atoms with Crippen LogP contribution >= 0.6 is 0 Å². The third kappa shape index (κ3) is 5.30. The Morgan fingerprint density at radius 3 is 2.69 bits per heavy atom. The summed E-state index contributed by atoms with van der Waals surface area (Å²) in [5.41, 5.74) is 3.88. The molecule has 4 atom stereocenters. The summed E-state index contributed by atoms with van der Waals surface area (Å²) in [6.45, 7) is 7.77. The first-order valence-electron chi connectivity index (χ1n) is 13.9. The summed E-state index contributed by atoms with van der Waals surface area (Å²) in [6.07, 6.45) is 10.2. The normalized spacial score (nSPS) is 26.4. The number of pyridine rings is 1. The zero-order valence-electron chi connectivity index (χ0n) is 23.5. The lowest BCUT2D eigenvalue weighted by molar-refractivity contribution is -0.154. The van der Waals surface area contributed by atoms with E-state index >= 15 is 0 Å². The van der Waals surface area contributed by atoms with Crippen LogP contribution in [0.5, 0.6) is 0 Å². The molecule has 1 heterocycles. The average molecular weight is 555 g/mol. The van der Waals surface area contributed by atoms with E-state index in [0.717, 1.165) is 43.2 Å². The highest BCUT2D eigenvalue weighted by Gasteiger charge is 2.52. The van der Waals surface area contributed by atoms with E-state index in [1.54, 1.807) is 39.1 Å². The average Bonchev–Trinajstić information content (AvgIpc) is 3.23. The summed E-state index contributed by atoms with van der Waals surface area (Å²) in [5, 5.41) is 0. The lowest BCUT2D eigenvalue weighted by Gasteiger charge is -2.50. The molecule has 2 aromatic rings. The number of aromatic nitrogens is 1. The van der Waals surface area contributed by atoms with Crippen LogP contribution in [0, 0.1) is 23.1 Å². The quantitative estimate of drug-likeness (QED) is 0.402. The highest BCUT2D eigenvalue weighted by Crippen LogP contribution is 2.63. The number of hydrogen-bond donors (Lipinski definition) is 0. The number of rotatable bonds is 6. The molecular formula is C31H39FN2O4S. The molecule has 0 aliphatic heterocycles. The number of hydrogen-bond acceptors (Lipinski definition) is 5. The first-order valence-corrected chi connectivity index (χ1v) is 15.4. The van der Waals surface area contributed by atoms with Crippen LogP contribution < -0.4 is 0 Å². The Kier molecular flexibility index (Phi) is 7.25. The highest BCUT2D eigenvalue weighted by molar-refractivity contribution is 7.89. The fourth-order valence-electron chi connectivity index (χ4n) is 7.23. The van der Waals surface area contributed by atoms with E-state index in [0.29, 0.717) is 17.8 Å². The van der Waals surface area contributed by atoms with Crippen molar-refractivity contribution in [1.29, 1.82) is 0 Å². The Balaban J connectivity index is 1.31. The van der Waals surface area contributed by atoms with Gasteiger partial charge in [-0.05, 0) is 117 Å². The van der Waals surface area contributed by atoms with Gasteiger partial charge < -0.3 is 4.74 Å². The van der Waals surface area contributed by atoms with Crippen LogP contribution in [0.4, 0.5) is 4.39 Å². The minimum absolute atomic E-state index is 0.00353. The Bertz CT molecular complexity index is 1410. The number of nitrogens with zero attached hydrogens (tertiary/aromatic N) is 2. The van der Waals surface area contributed by atoms with Gasteiger partial charge in [0, 0.05) is 19.8 Å². The number of halogens is 1. The largest absolute Gasteiger partial charge is 0.460 e. The third-order valence-electron chi connectivity index (χ3n) is 9.05. The lowest BCUT2D eigenvalue weighted by Crippen LogP contribution is -2.41. The van der Waals surface area contributed by atoms with Crippen molar-refractivity contribution in [1.82, 2.24) is 9.29 Å². The molecule has 0 radical (unpaired) electrons. The third-order valence-corrected chi connectivity index (χ3v) is 10.9. The van der Waals surface area contributed by atoms with Gasteiger partial charge in [-0.2, -0.15) is 0 Å². The number of fused-ring (bicyclic) bond motifs is 5. The van der Waals surface area contributed by atoms with Gasteiger partial charge in [-0.25, -0.2) is 17.1 Å². The zero-order chi connectivity index (χ0) is 28.2. The number of benzene rings is 1. The molecule has 0 spiro atoms. The Morgan fingerprint density at radius 1 is 1.21 bits per heavy atom. The minimum atomic E-state index is -3.73. The number of carbonyl (C=O) groups is 1. The zero-order valence-corrected chi connectivity index (χ0v) is 24.4. The maximum Gasteiger partial charge on any atom is 0.307 e. The molecule has 1 saturated carbocycles. The van der Waals surface area contributed by atoms with Crippen molar-refractivity contribution in [2.24, 2.45) is 17.3 Å². The Labute approximate surface area is 231 Å². The maximum atomic E-state index is 14.0. The van der Waals surface area contributed by atoms with Crippen molar-refractivity contribution in [3.63, 3.8) is 0 Å². The van der Waals surface area contributed by atoms with Gasteiger partial charge in [0.15, 0.2) is 0 Å². The second kappa shape index (κ2) is 10.1. The van der Waals surface area contributed by atoms with Crippen molar-refractivity contribution in [3.8, 4) is 0 Å². The number of aryl methyl sites for hydroxylation is 1. The predicted octanol–water partition coefficient (Wildman–Crippen LogP) is 6.12. The first-order chi connectivity index (χ1) is 18.3. The van der Waals surface area contributed by atoms with Crippen LogP contribution in [-0.2, 0) is 26.0 Å². The number of allylic oxidation sites excluding steroid dienone is 2. The molecule has 1 fully saturated rings. The molecule has 3 aliphatic rings. The Morgan fingerprint density at radius 2 is 1.97 bits per heavy atom. The molecule has 1 aromatic carbocycles. The van der Waals surface area contributed by atoms with Gasteiger partial charge in [0.05, 0.1) is 17.5 Å². The number of esters is 1. The van der Waals surface area contributed by atoms with Gasteiger partial charge in [0.25, 0.3) is 0 Å². The lowest BCUT2D eigenvalue weighted by atomic mass is 9.54. The van der Waals surface area contributed by atoms with Crippen molar-refractivity contribution in [2.75, 3.05) is 13.6 Å². The number of sulfonamides is 1. The molecule has 0 amide bonds. The number of ether oxygens (including phenoxy) is 1. The van der Waals surface area contributed by atoms with E-state index in [4.69, 9.17) is 4.74 Å². The Hall–Kier alpha value is -2.58. The topological polar surface area (TPSA) is 76.6 Å². The minimum Gasteiger partial charge on any atom is -0.460 e. The van der Waals surface area contributed by atoms with Crippen LogP contribution in [0.2, 0.25) is 0 Å². The summed E-state index contributed by atoms with van der Waals surface area (Å²) in [7, 11) is -2.22.